The van der Waals surface area contributed by atoms with E-state index < -0.39 is 0 Å². The fourth-order valence-corrected chi connectivity index (χ4v) is 1.62. The second kappa shape index (κ2) is 8.37. The molecular formula is C14H22N2O3. The highest BCUT2D eigenvalue weighted by Crippen LogP contribution is 2.26. The normalized spacial score (nSPS) is 11.9. The summed E-state index contributed by atoms with van der Waals surface area (Å²) in [5.74, 6) is 1.04. The fourth-order valence-electron chi connectivity index (χ4n) is 1.62. The Balaban J connectivity index is 2.50. The van der Waals surface area contributed by atoms with Gasteiger partial charge in [0.05, 0.1) is 19.3 Å². The lowest BCUT2D eigenvalue weighted by Gasteiger charge is -2.15. The third-order valence-corrected chi connectivity index (χ3v) is 2.67. The summed E-state index contributed by atoms with van der Waals surface area (Å²) in [5.41, 5.74) is 5.24. The van der Waals surface area contributed by atoms with Crippen LogP contribution in [0.5, 0.6) is 11.5 Å². The highest BCUT2D eigenvalue weighted by molar-refractivity contribution is 5.79. The van der Waals surface area contributed by atoms with Crippen molar-refractivity contribution in [2.24, 2.45) is 5.73 Å². The van der Waals surface area contributed by atoms with Gasteiger partial charge in [0.15, 0.2) is 11.5 Å². The van der Waals surface area contributed by atoms with Gasteiger partial charge in [-0.1, -0.05) is 19.1 Å². The summed E-state index contributed by atoms with van der Waals surface area (Å²) >= 11 is 0. The zero-order valence-electron chi connectivity index (χ0n) is 11.5. The van der Waals surface area contributed by atoms with E-state index in [1.54, 1.807) is 7.05 Å². The number of nitrogens with two attached hydrogens (primary N) is 1. The van der Waals surface area contributed by atoms with Crippen LogP contribution >= 0.6 is 0 Å². The van der Waals surface area contributed by atoms with Gasteiger partial charge in [-0.2, -0.15) is 0 Å². The Bertz CT molecular complexity index is 396. The van der Waals surface area contributed by atoms with E-state index in [1.165, 1.54) is 0 Å². The van der Waals surface area contributed by atoms with E-state index in [2.05, 4.69) is 5.32 Å². The van der Waals surface area contributed by atoms with Gasteiger partial charge < -0.3 is 20.5 Å². The topological polar surface area (TPSA) is 73.6 Å². The van der Waals surface area contributed by atoms with Crippen molar-refractivity contribution < 1.29 is 14.3 Å². The van der Waals surface area contributed by atoms with Gasteiger partial charge in [0.25, 0.3) is 0 Å². The predicted molar refractivity (Wildman–Crippen MR) is 74.4 cm³/mol. The van der Waals surface area contributed by atoms with E-state index in [9.17, 15) is 4.79 Å². The lowest BCUT2D eigenvalue weighted by molar-refractivity contribution is -0.120. The molecule has 0 radical (unpaired) electrons. The van der Waals surface area contributed by atoms with Crippen LogP contribution < -0.4 is 20.5 Å². The molecule has 0 bridgehead atoms. The van der Waals surface area contributed by atoms with E-state index in [4.69, 9.17) is 15.2 Å². The summed E-state index contributed by atoms with van der Waals surface area (Å²) in [6.07, 6.45) is 1.46. The molecule has 5 nitrogen and oxygen atoms in total. The molecule has 1 aromatic carbocycles. The van der Waals surface area contributed by atoms with Crippen LogP contribution in [0.1, 0.15) is 19.8 Å². The molecule has 1 atom stereocenters. The molecule has 0 saturated heterocycles. The molecule has 0 fully saturated rings. The molecule has 3 N–H and O–H groups in total. The van der Waals surface area contributed by atoms with Crippen LogP contribution in [-0.2, 0) is 4.79 Å². The quantitative estimate of drug-likeness (QED) is 0.707. The van der Waals surface area contributed by atoms with Crippen molar-refractivity contribution >= 4 is 5.91 Å². The number of nitrogens with one attached hydrogen (secondary N) is 1. The second-order valence-corrected chi connectivity index (χ2v) is 4.18. The van der Waals surface area contributed by atoms with E-state index in [-0.39, 0.29) is 11.9 Å². The number of primary amides is 1. The third-order valence-electron chi connectivity index (χ3n) is 2.67. The number of amides is 1. The van der Waals surface area contributed by atoms with Gasteiger partial charge in [0.2, 0.25) is 5.91 Å². The number of carbonyl (C=O) groups excluding carboxylic acids is 1. The van der Waals surface area contributed by atoms with E-state index in [0.29, 0.717) is 25.4 Å². The Labute approximate surface area is 114 Å². The summed E-state index contributed by atoms with van der Waals surface area (Å²) in [6.45, 7) is 3.11. The fraction of sp³-hybridized carbons (Fsp3) is 0.500. The number of ether oxygens (including phenoxy) is 2. The molecule has 0 aliphatic carbocycles. The number of benzene rings is 1. The van der Waals surface area contributed by atoms with Crippen molar-refractivity contribution in [1.82, 2.24) is 5.32 Å². The maximum Gasteiger partial charge on any atom is 0.234 e. The Morgan fingerprint density at radius 3 is 2.32 bits per heavy atom. The second-order valence-electron chi connectivity index (χ2n) is 4.18. The average Bonchev–Trinajstić information content (AvgIpc) is 2.42. The summed E-state index contributed by atoms with van der Waals surface area (Å²) in [4.78, 5) is 11.1. The minimum absolute atomic E-state index is 0.372. The third kappa shape index (κ3) is 5.18. The Morgan fingerprint density at radius 1 is 1.26 bits per heavy atom. The number of hydrogen-bond acceptors (Lipinski definition) is 4. The monoisotopic (exact) mass is 266 g/mol. The molecule has 1 amide bonds. The molecule has 19 heavy (non-hydrogen) atoms. The first-order valence-corrected chi connectivity index (χ1v) is 6.50. The van der Waals surface area contributed by atoms with Crippen molar-refractivity contribution in [2.75, 3.05) is 20.3 Å². The van der Waals surface area contributed by atoms with Gasteiger partial charge in [-0.05, 0) is 25.6 Å². The zero-order chi connectivity index (χ0) is 14.1. The van der Waals surface area contributed by atoms with Crippen LogP contribution in [0.15, 0.2) is 24.3 Å². The highest BCUT2D eigenvalue weighted by Gasteiger charge is 2.13. The van der Waals surface area contributed by atoms with Crippen molar-refractivity contribution in [3.8, 4) is 11.5 Å². The van der Waals surface area contributed by atoms with Gasteiger partial charge in [-0.15, -0.1) is 0 Å². The zero-order valence-corrected chi connectivity index (χ0v) is 11.5. The summed E-state index contributed by atoms with van der Waals surface area (Å²) < 4.78 is 11.2. The Morgan fingerprint density at radius 2 is 1.84 bits per heavy atom. The van der Waals surface area contributed by atoms with Gasteiger partial charge in [-0.25, -0.2) is 0 Å². The first kappa shape index (κ1) is 15.3. The molecule has 0 saturated carbocycles. The van der Waals surface area contributed by atoms with Crippen molar-refractivity contribution in [3.63, 3.8) is 0 Å². The maximum absolute atomic E-state index is 11.1. The highest BCUT2D eigenvalue weighted by atomic mass is 16.5. The molecule has 106 valence electrons. The van der Waals surface area contributed by atoms with Gasteiger partial charge in [-0.3, -0.25) is 4.79 Å². The van der Waals surface area contributed by atoms with Crippen LogP contribution in [0.4, 0.5) is 0 Å². The van der Waals surface area contributed by atoms with Gasteiger partial charge in [0, 0.05) is 6.42 Å². The molecular weight excluding hydrogens is 244 g/mol. The average molecular weight is 266 g/mol. The molecule has 1 rings (SSSR count). The lowest BCUT2D eigenvalue weighted by atomic mass is 10.2. The molecule has 0 spiro atoms. The van der Waals surface area contributed by atoms with Crippen molar-refractivity contribution in [1.29, 1.82) is 0 Å². The first-order chi connectivity index (χ1) is 9.19. The van der Waals surface area contributed by atoms with E-state index in [1.807, 2.05) is 31.2 Å². The summed E-state index contributed by atoms with van der Waals surface area (Å²) in [7, 11) is 1.70. The molecule has 0 heterocycles. The minimum Gasteiger partial charge on any atom is -0.490 e. The van der Waals surface area contributed by atoms with Crippen LogP contribution in [0.3, 0.4) is 0 Å². The molecule has 0 aliphatic rings. The van der Waals surface area contributed by atoms with Crippen LogP contribution in [0.25, 0.3) is 0 Å². The Kier molecular flexibility index (Phi) is 6.74. The van der Waals surface area contributed by atoms with Crippen LogP contribution in [0.2, 0.25) is 0 Å². The largest absolute Gasteiger partial charge is 0.490 e. The maximum atomic E-state index is 11.1. The molecule has 0 aliphatic heterocycles. The van der Waals surface area contributed by atoms with E-state index in [0.717, 1.165) is 12.2 Å². The van der Waals surface area contributed by atoms with Crippen LogP contribution in [-0.4, -0.2) is 32.2 Å². The molecule has 1 unspecified atom stereocenters. The molecule has 0 aromatic heterocycles. The Hall–Kier alpha value is -1.75. The predicted octanol–water partition coefficient (Wildman–Crippen LogP) is 1.32. The van der Waals surface area contributed by atoms with Crippen molar-refractivity contribution in [2.45, 2.75) is 25.8 Å². The molecule has 5 heteroatoms. The lowest BCUT2D eigenvalue weighted by Crippen LogP contribution is -2.40. The van der Waals surface area contributed by atoms with Gasteiger partial charge >= 0.3 is 0 Å². The number of likely N-dealkylation sites (N-methyl/N-ethyl adjacent to an activating group) is 1. The van der Waals surface area contributed by atoms with Crippen molar-refractivity contribution in [3.05, 3.63) is 24.3 Å². The smallest absolute Gasteiger partial charge is 0.234 e. The summed E-state index contributed by atoms with van der Waals surface area (Å²) in [6, 6.07) is 7.14. The molecule has 1 aromatic rings. The standard InChI is InChI=1S/C14H22N2O3/c1-3-9-18-12-6-4-5-7-13(12)19-10-8-11(16-2)14(15)17/h4-7,11,16H,3,8-10H2,1-2H3,(H2,15,17). The summed E-state index contributed by atoms with van der Waals surface area (Å²) in [5, 5.41) is 2.85. The SMILES string of the molecule is CCCOc1ccccc1OCCC(NC)C(N)=O. The minimum atomic E-state index is -0.374. The number of para-hydroxylation sites is 2. The number of carbonyl (C=O) groups is 1. The number of rotatable bonds is 9. The van der Waals surface area contributed by atoms with Gasteiger partial charge in [0.1, 0.15) is 0 Å². The van der Waals surface area contributed by atoms with E-state index >= 15 is 0 Å². The first-order valence-electron chi connectivity index (χ1n) is 6.50. The van der Waals surface area contributed by atoms with Crippen LogP contribution in [0, 0.1) is 0 Å². The number of hydrogen-bond donors (Lipinski definition) is 2.